The molecule has 0 aromatic rings. The number of allylic oxidation sites excluding steroid dienone is 1. The Morgan fingerprint density at radius 3 is 2.43 bits per heavy atom. The second-order valence-corrected chi connectivity index (χ2v) is 1.04. The maximum atomic E-state index is 8.23. The van der Waals surface area contributed by atoms with Gasteiger partial charge < -0.3 is 10.4 Å². The van der Waals surface area contributed by atoms with E-state index in [2.05, 4.69) is 11.9 Å². The molecule has 0 heterocycles. The Morgan fingerprint density at radius 1 is 1.86 bits per heavy atom. The molecule has 0 aromatic heterocycles. The first-order chi connectivity index (χ1) is 3.35. The fourth-order valence-electron chi connectivity index (χ4n) is 0.219. The lowest BCUT2D eigenvalue weighted by Crippen LogP contribution is -2.01. The van der Waals surface area contributed by atoms with Crippen molar-refractivity contribution in [1.29, 1.82) is 0 Å². The van der Waals surface area contributed by atoms with Gasteiger partial charge in [0.05, 0.1) is 5.70 Å². The van der Waals surface area contributed by atoms with E-state index in [9.17, 15) is 0 Å². The molecule has 0 spiro atoms. The highest BCUT2D eigenvalue weighted by Gasteiger charge is 1.76. The van der Waals surface area contributed by atoms with Crippen LogP contribution in [0.1, 0.15) is 0 Å². The number of hydrogen-bond donors (Lipinski definition) is 2. The molecule has 0 unspecified atom stereocenters. The van der Waals surface area contributed by atoms with Crippen LogP contribution >= 0.6 is 0 Å². The van der Waals surface area contributed by atoms with E-state index in [1.54, 1.807) is 7.05 Å². The Morgan fingerprint density at radius 2 is 2.43 bits per heavy atom. The minimum atomic E-state index is 0.625. The topological polar surface area (TPSA) is 32.3 Å². The second-order valence-electron chi connectivity index (χ2n) is 1.04. The van der Waals surface area contributed by atoms with Crippen molar-refractivity contribution in [3.8, 4) is 0 Å². The summed E-state index contributed by atoms with van der Waals surface area (Å²) in [7, 11) is 1.71. The molecule has 40 valence electrons. The van der Waals surface area contributed by atoms with Crippen molar-refractivity contribution < 1.29 is 5.11 Å². The van der Waals surface area contributed by atoms with Crippen LogP contribution in [0.5, 0.6) is 0 Å². The molecule has 0 bridgehead atoms. The minimum absolute atomic E-state index is 0.625. The average molecular weight is 99.1 g/mol. The Bertz CT molecular complexity index is 86.1. The number of nitrogens with one attached hydrogen (secondary N) is 1. The van der Waals surface area contributed by atoms with Crippen molar-refractivity contribution in [3.05, 3.63) is 24.6 Å². The third-order valence-electron chi connectivity index (χ3n) is 0.648. The van der Waals surface area contributed by atoms with Crippen LogP contribution < -0.4 is 5.32 Å². The quantitative estimate of drug-likeness (QED) is 0.396. The largest absolute Gasteiger partial charge is 0.513 e. The van der Waals surface area contributed by atoms with Gasteiger partial charge in [-0.3, -0.25) is 0 Å². The van der Waals surface area contributed by atoms with E-state index in [-0.39, 0.29) is 0 Å². The number of likely N-dealkylation sites (N-methyl/N-ethyl adjacent to an activating group) is 1. The summed E-state index contributed by atoms with van der Waals surface area (Å²) in [5.74, 6) is 0. The lowest BCUT2D eigenvalue weighted by atomic mass is 10.5. The van der Waals surface area contributed by atoms with Crippen molar-refractivity contribution in [2.45, 2.75) is 0 Å². The molecule has 0 saturated carbocycles. The highest BCUT2D eigenvalue weighted by Crippen LogP contribution is 1.81. The predicted molar refractivity (Wildman–Crippen MR) is 30.0 cm³/mol. The van der Waals surface area contributed by atoms with Crippen LogP contribution in [0.15, 0.2) is 24.6 Å². The molecule has 0 amide bonds. The molecule has 7 heavy (non-hydrogen) atoms. The average Bonchev–Trinajstić information content (AvgIpc) is 1.72. The molecule has 0 aliphatic carbocycles. The first kappa shape index (κ1) is 6.08. The van der Waals surface area contributed by atoms with Gasteiger partial charge in [0.1, 0.15) is 6.26 Å². The molecule has 0 atom stereocenters. The third kappa shape index (κ3) is 1.87. The van der Waals surface area contributed by atoms with E-state index in [0.29, 0.717) is 5.70 Å². The summed E-state index contributed by atoms with van der Waals surface area (Å²) >= 11 is 0. The SMILES string of the molecule is C=C/C(=C\O)NC. The number of hydrogen-bond acceptors (Lipinski definition) is 2. The van der Waals surface area contributed by atoms with E-state index in [1.165, 1.54) is 6.08 Å². The van der Waals surface area contributed by atoms with E-state index < -0.39 is 0 Å². The predicted octanol–water partition coefficient (Wildman–Crippen LogP) is 0.791. The van der Waals surface area contributed by atoms with Crippen molar-refractivity contribution in [2.24, 2.45) is 0 Å². The number of aliphatic hydroxyl groups excluding tert-OH is 1. The van der Waals surface area contributed by atoms with Gasteiger partial charge in [0.2, 0.25) is 0 Å². The van der Waals surface area contributed by atoms with E-state index >= 15 is 0 Å². The molecule has 0 radical (unpaired) electrons. The molecular formula is C5H9NO. The molecule has 0 rings (SSSR count). The van der Waals surface area contributed by atoms with Gasteiger partial charge in [0, 0.05) is 7.05 Å². The Hall–Kier alpha value is -0.920. The monoisotopic (exact) mass is 99.1 g/mol. The Balaban J connectivity index is 3.60. The summed E-state index contributed by atoms with van der Waals surface area (Å²) in [6.07, 6.45) is 2.49. The van der Waals surface area contributed by atoms with Crippen molar-refractivity contribution in [1.82, 2.24) is 5.32 Å². The van der Waals surface area contributed by atoms with Gasteiger partial charge >= 0.3 is 0 Å². The molecule has 0 saturated heterocycles. The van der Waals surface area contributed by atoms with Gasteiger partial charge in [0.15, 0.2) is 0 Å². The van der Waals surface area contributed by atoms with E-state index in [1.807, 2.05) is 0 Å². The zero-order valence-electron chi connectivity index (χ0n) is 4.31. The van der Waals surface area contributed by atoms with Gasteiger partial charge in [-0.15, -0.1) is 0 Å². The number of rotatable bonds is 2. The first-order valence-corrected chi connectivity index (χ1v) is 1.99. The van der Waals surface area contributed by atoms with Crippen molar-refractivity contribution >= 4 is 0 Å². The van der Waals surface area contributed by atoms with E-state index in [0.717, 1.165) is 6.26 Å². The smallest absolute Gasteiger partial charge is 0.102 e. The van der Waals surface area contributed by atoms with Crippen LogP contribution in [-0.4, -0.2) is 12.2 Å². The standard InChI is InChI=1S/C5H9NO/c1-3-5(4-7)6-2/h3-4,6-7H,1H2,2H3/b5-4+. The van der Waals surface area contributed by atoms with Crippen LogP contribution in [0.3, 0.4) is 0 Å². The maximum Gasteiger partial charge on any atom is 0.102 e. The normalized spacial score (nSPS) is 10.7. The van der Waals surface area contributed by atoms with Gasteiger partial charge in [0.25, 0.3) is 0 Å². The van der Waals surface area contributed by atoms with Gasteiger partial charge in [-0.1, -0.05) is 6.58 Å². The molecular weight excluding hydrogens is 90.1 g/mol. The molecule has 0 fully saturated rings. The lowest BCUT2D eigenvalue weighted by molar-refractivity contribution is 0.465. The molecule has 0 aromatic carbocycles. The zero-order chi connectivity index (χ0) is 5.70. The highest BCUT2D eigenvalue weighted by atomic mass is 16.2. The van der Waals surface area contributed by atoms with Crippen LogP contribution in [-0.2, 0) is 0 Å². The van der Waals surface area contributed by atoms with Gasteiger partial charge in [-0.2, -0.15) is 0 Å². The van der Waals surface area contributed by atoms with Crippen LogP contribution in [0, 0.1) is 0 Å². The summed E-state index contributed by atoms with van der Waals surface area (Å²) in [4.78, 5) is 0. The lowest BCUT2D eigenvalue weighted by Gasteiger charge is -1.92. The zero-order valence-corrected chi connectivity index (χ0v) is 4.31. The molecule has 0 aliphatic heterocycles. The van der Waals surface area contributed by atoms with Crippen molar-refractivity contribution in [3.63, 3.8) is 0 Å². The number of aliphatic hydroxyl groups is 1. The Kier molecular flexibility index (Phi) is 2.85. The fraction of sp³-hybridized carbons (Fsp3) is 0.200. The molecule has 2 nitrogen and oxygen atoms in total. The summed E-state index contributed by atoms with van der Waals surface area (Å²) < 4.78 is 0. The maximum absolute atomic E-state index is 8.23. The molecule has 2 N–H and O–H groups in total. The summed E-state index contributed by atoms with van der Waals surface area (Å²) in [5.41, 5.74) is 0.625. The first-order valence-electron chi connectivity index (χ1n) is 1.99. The fourth-order valence-corrected chi connectivity index (χ4v) is 0.219. The highest BCUT2D eigenvalue weighted by molar-refractivity contribution is 5.09. The minimum Gasteiger partial charge on any atom is -0.513 e. The summed E-state index contributed by atoms with van der Waals surface area (Å²) in [5, 5.41) is 10.9. The van der Waals surface area contributed by atoms with Crippen LogP contribution in [0.4, 0.5) is 0 Å². The van der Waals surface area contributed by atoms with Crippen molar-refractivity contribution in [2.75, 3.05) is 7.05 Å². The molecule has 2 heteroatoms. The van der Waals surface area contributed by atoms with Crippen LogP contribution in [0.2, 0.25) is 0 Å². The molecule has 0 aliphatic rings. The summed E-state index contributed by atoms with van der Waals surface area (Å²) in [6.45, 7) is 3.41. The second kappa shape index (κ2) is 3.28. The van der Waals surface area contributed by atoms with Gasteiger partial charge in [-0.05, 0) is 6.08 Å². The summed E-state index contributed by atoms with van der Waals surface area (Å²) in [6, 6.07) is 0. The van der Waals surface area contributed by atoms with Crippen LogP contribution in [0.25, 0.3) is 0 Å². The van der Waals surface area contributed by atoms with Gasteiger partial charge in [-0.25, -0.2) is 0 Å². The third-order valence-corrected chi connectivity index (χ3v) is 0.648. The van der Waals surface area contributed by atoms with E-state index in [4.69, 9.17) is 5.11 Å². The Labute approximate surface area is 43.2 Å².